The number of rotatable bonds is 4. The average molecular weight is 156 g/mol. The van der Waals surface area contributed by atoms with Crippen LogP contribution in [0, 0.1) is 11.8 Å². The molecule has 0 aliphatic rings. The summed E-state index contributed by atoms with van der Waals surface area (Å²) in [5.74, 6) is 0.293. The summed E-state index contributed by atoms with van der Waals surface area (Å²) in [5.41, 5.74) is 0. The van der Waals surface area contributed by atoms with Gasteiger partial charge in [0.25, 0.3) is 0 Å². The van der Waals surface area contributed by atoms with Crippen LogP contribution in [0.25, 0.3) is 0 Å². The first kappa shape index (κ1) is 10.4. The minimum absolute atomic E-state index is 0.0557. The van der Waals surface area contributed by atoms with E-state index in [1.807, 2.05) is 20.8 Å². The maximum Gasteiger partial charge on any atom is 0.142 e. The van der Waals surface area contributed by atoms with Crippen LogP contribution >= 0.6 is 0 Å². The Bertz CT molecular complexity index is 138. The second-order valence-electron chi connectivity index (χ2n) is 3.11. The minimum atomic E-state index is -0.355. The van der Waals surface area contributed by atoms with Crippen LogP contribution < -0.4 is 0 Å². The van der Waals surface area contributed by atoms with Crippen molar-refractivity contribution < 1.29 is 9.90 Å². The van der Waals surface area contributed by atoms with Gasteiger partial charge in [-0.3, -0.25) is 4.79 Å². The lowest BCUT2D eigenvalue weighted by molar-refractivity contribution is -0.104. The lowest BCUT2D eigenvalue weighted by atomic mass is 9.95. The van der Waals surface area contributed by atoms with E-state index in [0.29, 0.717) is 0 Å². The standard InChI is InChI=1S/C9H16O2/c1-7(2)9(11)8(3)5-4-6-10/h4-9,11H,1-3H3/b5-4+/t8-,9-/m1/s1. The molecule has 2 nitrogen and oxygen atoms in total. The number of aldehydes is 1. The highest BCUT2D eigenvalue weighted by atomic mass is 16.3. The van der Waals surface area contributed by atoms with E-state index in [1.54, 1.807) is 6.08 Å². The number of aliphatic hydroxyl groups excluding tert-OH is 1. The SMILES string of the molecule is CC(C)[C@@H](O)[C@H](C)/C=C/C=O. The molecule has 0 bridgehead atoms. The summed E-state index contributed by atoms with van der Waals surface area (Å²) >= 11 is 0. The van der Waals surface area contributed by atoms with Crippen molar-refractivity contribution in [1.82, 2.24) is 0 Å². The Kier molecular flexibility index (Phi) is 4.79. The fourth-order valence-corrected chi connectivity index (χ4v) is 0.942. The molecule has 0 saturated heterocycles. The predicted octanol–water partition coefficient (Wildman–Crippen LogP) is 1.39. The van der Waals surface area contributed by atoms with E-state index in [0.717, 1.165) is 6.29 Å². The molecule has 0 fully saturated rings. The Balaban J connectivity index is 3.91. The van der Waals surface area contributed by atoms with Gasteiger partial charge >= 0.3 is 0 Å². The van der Waals surface area contributed by atoms with Gasteiger partial charge < -0.3 is 5.11 Å². The Labute approximate surface area is 67.9 Å². The maximum atomic E-state index is 9.93. The van der Waals surface area contributed by atoms with Crippen LogP contribution in [0.5, 0.6) is 0 Å². The lowest BCUT2D eigenvalue weighted by Crippen LogP contribution is -2.21. The third-order valence-corrected chi connectivity index (χ3v) is 1.71. The molecule has 0 aliphatic carbocycles. The average Bonchev–Trinajstić information content (AvgIpc) is 1.98. The zero-order valence-corrected chi connectivity index (χ0v) is 7.32. The summed E-state index contributed by atoms with van der Waals surface area (Å²) in [6.45, 7) is 5.80. The Morgan fingerprint density at radius 2 is 1.82 bits per heavy atom. The summed E-state index contributed by atoms with van der Waals surface area (Å²) in [4.78, 5) is 9.93. The lowest BCUT2D eigenvalue weighted by Gasteiger charge is -2.18. The fraction of sp³-hybridized carbons (Fsp3) is 0.667. The number of allylic oxidation sites excluding steroid dienone is 1. The summed E-state index contributed by atoms with van der Waals surface area (Å²) < 4.78 is 0. The highest BCUT2D eigenvalue weighted by Crippen LogP contribution is 2.12. The van der Waals surface area contributed by atoms with Crippen molar-refractivity contribution >= 4 is 6.29 Å². The molecule has 0 aromatic heterocycles. The van der Waals surface area contributed by atoms with Gasteiger partial charge in [0.2, 0.25) is 0 Å². The van der Waals surface area contributed by atoms with Crippen LogP contribution in [-0.2, 0) is 4.79 Å². The number of hydrogen-bond acceptors (Lipinski definition) is 2. The Morgan fingerprint density at radius 1 is 1.27 bits per heavy atom. The van der Waals surface area contributed by atoms with Crippen molar-refractivity contribution in [2.75, 3.05) is 0 Å². The van der Waals surface area contributed by atoms with E-state index >= 15 is 0 Å². The predicted molar refractivity (Wildman–Crippen MR) is 45.2 cm³/mol. The zero-order valence-electron chi connectivity index (χ0n) is 7.32. The van der Waals surface area contributed by atoms with Gasteiger partial charge in [-0.05, 0) is 12.0 Å². The largest absolute Gasteiger partial charge is 0.392 e. The molecule has 0 aliphatic heterocycles. The molecule has 0 rings (SSSR count). The van der Waals surface area contributed by atoms with Gasteiger partial charge in [0.1, 0.15) is 6.29 Å². The first-order valence-electron chi connectivity index (χ1n) is 3.89. The molecular weight excluding hydrogens is 140 g/mol. The summed E-state index contributed by atoms with van der Waals surface area (Å²) in [6.07, 6.45) is 3.52. The quantitative estimate of drug-likeness (QED) is 0.493. The normalized spacial score (nSPS) is 17.2. The Hall–Kier alpha value is -0.630. The van der Waals surface area contributed by atoms with Crippen molar-refractivity contribution in [2.45, 2.75) is 26.9 Å². The molecular formula is C9H16O2. The molecule has 2 atom stereocenters. The number of aliphatic hydroxyl groups is 1. The van der Waals surface area contributed by atoms with Crippen molar-refractivity contribution in [1.29, 1.82) is 0 Å². The first-order valence-corrected chi connectivity index (χ1v) is 3.89. The highest BCUT2D eigenvalue weighted by molar-refractivity contribution is 5.64. The van der Waals surface area contributed by atoms with Crippen LogP contribution in [-0.4, -0.2) is 17.5 Å². The van der Waals surface area contributed by atoms with E-state index in [2.05, 4.69) is 0 Å². The smallest absolute Gasteiger partial charge is 0.142 e. The minimum Gasteiger partial charge on any atom is -0.392 e. The van der Waals surface area contributed by atoms with E-state index in [4.69, 9.17) is 0 Å². The van der Waals surface area contributed by atoms with Crippen LogP contribution in [0.1, 0.15) is 20.8 Å². The highest BCUT2D eigenvalue weighted by Gasteiger charge is 2.14. The monoisotopic (exact) mass is 156 g/mol. The number of carbonyl (C=O) groups excluding carboxylic acids is 1. The molecule has 11 heavy (non-hydrogen) atoms. The molecule has 0 saturated carbocycles. The molecule has 64 valence electrons. The van der Waals surface area contributed by atoms with Crippen LogP contribution in [0.2, 0.25) is 0 Å². The van der Waals surface area contributed by atoms with Gasteiger partial charge in [-0.1, -0.05) is 26.8 Å². The van der Waals surface area contributed by atoms with Crippen molar-refractivity contribution in [3.63, 3.8) is 0 Å². The van der Waals surface area contributed by atoms with Gasteiger partial charge in [0.05, 0.1) is 6.10 Å². The molecule has 0 aromatic carbocycles. The van der Waals surface area contributed by atoms with Crippen LogP contribution in [0.15, 0.2) is 12.2 Å². The second kappa shape index (κ2) is 5.08. The van der Waals surface area contributed by atoms with Crippen molar-refractivity contribution in [3.05, 3.63) is 12.2 Å². The molecule has 2 heteroatoms. The molecule has 0 radical (unpaired) electrons. The second-order valence-corrected chi connectivity index (χ2v) is 3.11. The summed E-state index contributed by atoms with van der Waals surface area (Å²) in [6, 6.07) is 0. The van der Waals surface area contributed by atoms with Gasteiger partial charge in [0.15, 0.2) is 0 Å². The summed E-state index contributed by atoms with van der Waals surface area (Å²) in [7, 11) is 0. The summed E-state index contributed by atoms with van der Waals surface area (Å²) in [5, 5.41) is 9.45. The molecule has 1 N–H and O–H groups in total. The molecule has 0 unspecified atom stereocenters. The van der Waals surface area contributed by atoms with Crippen LogP contribution in [0.4, 0.5) is 0 Å². The third kappa shape index (κ3) is 3.94. The van der Waals surface area contributed by atoms with Crippen molar-refractivity contribution in [2.24, 2.45) is 11.8 Å². The van der Waals surface area contributed by atoms with E-state index in [9.17, 15) is 9.90 Å². The van der Waals surface area contributed by atoms with E-state index in [-0.39, 0.29) is 17.9 Å². The fourth-order valence-electron chi connectivity index (χ4n) is 0.942. The molecule has 0 heterocycles. The Morgan fingerprint density at radius 3 is 2.18 bits per heavy atom. The van der Waals surface area contributed by atoms with Gasteiger partial charge in [-0.15, -0.1) is 0 Å². The molecule has 0 spiro atoms. The van der Waals surface area contributed by atoms with Gasteiger partial charge in [-0.25, -0.2) is 0 Å². The maximum absolute atomic E-state index is 9.93. The van der Waals surface area contributed by atoms with Gasteiger partial charge in [-0.2, -0.15) is 0 Å². The molecule has 0 amide bonds. The van der Waals surface area contributed by atoms with Gasteiger partial charge in [0, 0.05) is 5.92 Å². The third-order valence-electron chi connectivity index (χ3n) is 1.71. The van der Waals surface area contributed by atoms with E-state index in [1.165, 1.54) is 6.08 Å². The van der Waals surface area contributed by atoms with Crippen LogP contribution in [0.3, 0.4) is 0 Å². The first-order chi connectivity index (χ1) is 5.09. The molecule has 0 aromatic rings. The number of carbonyl (C=O) groups is 1. The van der Waals surface area contributed by atoms with E-state index < -0.39 is 0 Å². The number of hydrogen-bond donors (Lipinski definition) is 1. The topological polar surface area (TPSA) is 37.3 Å². The zero-order chi connectivity index (χ0) is 8.85. The van der Waals surface area contributed by atoms with Crippen molar-refractivity contribution in [3.8, 4) is 0 Å².